The molecule has 0 bridgehead atoms. The van der Waals surface area contributed by atoms with Crippen LogP contribution in [0, 0.1) is 0 Å². The number of carboxylic acids is 4. The van der Waals surface area contributed by atoms with E-state index in [1.165, 1.54) is 11.8 Å². The van der Waals surface area contributed by atoms with Gasteiger partial charge < -0.3 is 116 Å². The molecule has 2 aliphatic heterocycles. The van der Waals surface area contributed by atoms with Crippen molar-refractivity contribution in [2.24, 2.45) is 5.73 Å². The van der Waals surface area contributed by atoms with Crippen LogP contribution >= 0.6 is 24.4 Å². The van der Waals surface area contributed by atoms with E-state index in [2.05, 4.69) is 12.6 Å². The van der Waals surface area contributed by atoms with Crippen molar-refractivity contribution >= 4 is 54.2 Å². The molecule has 2 fully saturated rings. The Morgan fingerprint density at radius 2 is 1.07 bits per heavy atom. The van der Waals surface area contributed by atoms with Crippen molar-refractivity contribution < 1.29 is 134 Å². The van der Waals surface area contributed by atoms with E-state index in [1.807, 2.05) is 6.26 Å². The third-order valence-electron chi connectivity index (χ3n) is 9.54. The molecule has 0 aromatic heterocycles. The van der Waals surface area contributed by atoms with E-state index in [0.29, 0.717) is 12.2 Å². The Balaban J connectivity index is 0.00000117. The fraction of sp³-hybridized carbons (Fsp3) is 0.861. The lowest BCUT2D eigenvalue weighted by Gasteiger charge is -2.46. The summed E-state index contributed by atoms with van der Waals surface area (Å²) in [6.45, 7) is -5.63. The van der Waals surface area contributed by atoms with Crippen LogP contribution in [-0.2, 0) is 47.7 Å². The highest BCUT2D eigenvalue weighted by Gasteiger charge is 2.52. The van der Waals surface area contributed by atoms with Gasteiger partial charge in [-0.05, 0) is 18.4 Å². The fourth-order valence-electron chi connectivity index (χ4n) is 5.86. The minimum absolute atomic E-state index is 0.0243. The van der Waals surface area contributed by atoms with E-state index in [0.717, 1.165) is 9.80 Å². The minimum Gasteiger partial charge on any atom is -0.480 e. The van der Waals surface area contributed by atoms with Crippen molar-refractivity contribution in [3.8, 4) is 0 Å². The lowest BCUT2D eigenvalue weighted by molar-refractivity contribution is -0.380. The van der Waals surface area contributed by atoms with Crippen molar-refractivity contribution in [2.75, 3.05) is 90.1 Å². The molecule has 0 spiro atoms. The van der Waals surface area contributed by atoms with E-state index in [-0.39, 0.29) is 18.8 Å². The van der Waals surface area contributed by atoms with Crippen molar-refractivity contribution in [2.45, 2.75) is 104 Å². The maximum Gasteiger partial charge on any atom is 0.323 e. The number of aliphatic hydroxyl groups is 13. The highest BCUT2D eigenvalue weighted by molar-refractivity contribution is 7.98. The molecule has 1 unspecified atom stereocenters. The molecule has 32 heteroatoms. The summed E-state index contributed by atoms with van der Waals surface area (Å²) in [5.41, 5.74) is 5.88. The number of carbonyl (C=O) groups excluding carboxylic acids is 1. The molecular formula is C36H67N3O27S2. The second-order valence-corrected chi connectivity index (χ2v) is 16.3. The third-order valence-corrected chi connectivity index (χ3v) is 10.6. The molecular weight excluding hydrogens is 971 g/mol. The van der Waals surface area contributed by atoms with Gasteiger partial charge >= 0.3 is 29.8 Å². The summed E-state index contributed by atoms with van der Waals surface area (Å²) < 4.78 is 27.6. The van der Waals surface area contributed by atoms with Gasteiger partial charge in [0.25, 0.3) is 0 Å². The Kier molecular flexibility index (Phi) is 33.2. The molecule has 2 heterocycles. The van der Waals surface area contributed by atoms with Gasteiger partial charge in [-0.1, -0.05) is 0 Å². The van der Waals surface area contributed by atoms with Gasteiger partial charge in [-0.3, -0.25) is 33.8 Å². The molecule has 0 aromatic carbocycles. The van der Waals surface area contributed by atoms with Gasteiger partial charge in [0.1, 0.15) is 73.2 Å². The number of nitrogens with two attached hydrogens (primary N) is 1. The summed E-state index contributed by atoms with van der Waals surface area (Å²) >= 11 is 5.56. The van der Waals surface area contributed by atoms with Gasteiger partial charge in [0.2, 0.25) is 0 Å². The molecule has 2 rings (SSSR count). The maximum atomic E-state index is 12.6. The lowest BCUT2D eigenvalue weighted by Crippen LogP contribution is -2.65. The SMILES string of the molecule is CSCC[C@H](N)C(=O)O[C@H]1[C@H](OC(CO)CS)[C@@H](O)[C@@H](O[C@H]2O[C@H](CO)[C@@H](O)[C@H](O)[C@H]2O)O[C@@H]1CO.O=C(O)CN(CCN(CC(=O)O)CC(=O)O)CC(=O)O.OC[C@@H](O)[C@@H](O)[C@H](O)[C@H](O)CO. The summed E-state index contributed by atoms with van der Waals surface area (Å²) in [5.74, 6) is -5.12. The van der Waals surface area contributed by atoms with Gasteiger partial charge in [0, 0.05) is 18.8 Å². The van der Waals surface area contributed by atoms with Gasteiger partial charge in [-0.15, -0.1) is 0 Å². The molecule has 16 atom stereocenters. The molecule has 30 nitrogen and oxygen atoms in total. The van der Waals surface area contributed by atoms with E-state index in [1.54, 1.807) is 0 Å². The number of carboxylic acid groups (broad SMARTS) is 4. The number of aliphatic hydroxyl groups excluding tert-OH is 13. The van der Waals surface area contributed by atoms with Crippen LogP contribution in [0.1, 0.15) is 6.42 Å². The Morgan fingerprint density at radius 3 is 1.44 bits per heavy atom. The third kappa shape index (κ3) is 23.4. The van der Waals surface area contributed by atoms with Crippen LogP contribution in [0.2, 0.25) is 0 Å². The Morgan fingerprint density at radius 1 is 0.647 bits per heavy atom. The van der Waals surface area contributed by atoms with Crippen molar-refractivity contribution in [3.63, 3.8) is 0 Å². The molecule has 68 heavy (non-hydrogen) atoms. The second kappa shape index (κ2) is 34.6. The topological polar surface area (TPSA) is 508 Å². The highest BCUT2D eigenvalue weighted by Crippen LogP contribution is 2.31. The Hall–Kier alpha value is -2.75. The molecule has 0 aromatic rings. The smallest absolute Gasteiger partial charge is 0.323 e. The standard InChI is InChI=1S/C20H37NO13S2.C10H16N2O8.C6H14O6/c1-36-3-2-9(21)18(29)33-16-11(6-24)32-20(15(28)17(16)30-8(4-22)7-35)34-19-14(27)13(26)12(25)10(5-23)31-19;13-7(14)3-11(4-8(15)16)1-2-12(5-9(17)18)6-10(19)20;7-1-3(9)5(11)6(12)4(10)2-8/h8-17,19-20,22-28,35H,2-7,21H2,1H3;1-6H2,(H,13,14)(H,15,16)(H,17,18)(H,19,20);3-12H,1-2H2/t8?,9-,10+,11+,12+,13-,14+,15+,16+,17+,19+,20+;;3-,4-,5-,6-/m0.1/s1. The molecule has 0 amide bonds. The first-order valence-corrected chi connectivity index (χ1v) is 22.4. The predicted molar refractivity (Wildman–Crippen MR) is 229 cm³/mol. The zero-order valence-electron chi connectivity index (χ0n) is 36.6. The summed E-state index contributed by atoms with van der Waals surface area (Å²) in [7, 11) is 0. The van der Waals surface area contributed by atoms with Crippen LogP contribution in [0.25, 0.3) is 0 Å². The molecule has 19 N–H and O–H groups in total. The normalized spacial score (nSPS) is 27.6. The van der Waals surface area contributed by atoms with E-state index in [9.17, 15) is 59.7 Å². The second-order valence-electron chi connectivity index (χ2n) is 14.9. The quantitative estimate of drug-likeness (QED) is 0.0244. The monoisotopic (exact) mass is 1040 g/mol. The first-order valence-electron chi connectivity index (χ1n) is 20.4. The first kappa shape index (κ1) is 65.2. The molecule has 0 saturated carbocycles. The van der Waals surface area contributed by atoms with Crippen molar-refractivity contribution in [1.82, 2.24) is 9.80 Å². The van der Waals surface area contributed by atoms with Crippen molar-refractivity contribution in [1.29, 1.82) is 0 Å². The van der Waals surface area contributed by atoms with Crippen LogP contribution < -0.4 is 5.73 Å². The van der Waals surface area contributed by atoms with E-state index >= 15 is 0 Å². The number of thiol groups is 1. The van der Waals surface area contributed by atoms with E-state index in [4.69, 9.17) is 80.5 Å². The van der Waals surface area contributed by atoms with Crippen LogP contribution in [0.3, 0.4) is 0 Å². The molecule has 0 aliphatic carbocycles. The summed E-state index contributed by atoms with van der Waals surface area (Å²) in [5, 5.41) is 157. The number of rotatable bonds is 29. The van der Waals surface area contributed by atoms with Crippen LogP contribution in [0.5, 0.6) is 0 Å². The number of aliphatic carboxylic acids is 4. The highest BCUT2D eigenvalue weighted by atomic mass is 32.2. The van der Waals surface area contributed by atoms with Gasteiger partial charge in [0.05, 0.1) is 65.3 Å². The van der Waals surface area contributed by atoms with Crippen LogP contribution in [-0.4, -0.2) is 314 Å². The first-order chi connectivity index (χ1) is 31.9. The average molecular weight is 1040 g/mol. The summed E-state index contributed by atoms with van der Waals surface area (Å²) in [6.07, 6.45) is -20.8. The summed E-state index contributed by atoms with van der Waals surface area (Å²) in [4.78, 5) is 56.9. The van der Waals surface area contributed by atoms with Gasteiger partial charge in [-0.25, -0.2) is 0 Å². The number of carbonyl (C=O) groups is 5. The van der Waals surface area contributed by atoms with E-state index < -0.39 is 187 Å². The van der Waals surface area contributed by atoms with Crippen molar-refractivity contribution in [3.05, 3.63) is 0 Å². The number of esters is 1. The largest absolute Gasteiger partial charge is 0.480 e. The molecule has 2 saturated heterocycles. The van der Waals surface area contributed by atoms with Crippen LogP contribution in [0.15, 0.2) is 0 Å². The zero-order chi connectivity index (χ0) is 52.4. The zero-order valence-corrected chi connectivity index (χ0v) is 38.4. The number of thioether (sulfide) groups is 1. The number of hydrogen-bond donors (Lipinski definition) is 19. The molecule has 2 aliphatic rings. The number of nitrogens with zero attached hydrogens (tertiary/aromatic N) is 2. The minimum atomic E-state index is -1.79. The Bertz CT molecular complexity index is 1380. The number of ether oxygens (including phenoxy) is 5. The lowest BCUT2D eigenvalue weighted by atomic mass is 9.97. The van der Waals surface area contributed by atoms with Crippen LogP contribution in [0.4, 0.5) is 0 Å². The predicted octanol–water partition coefficient (Wildman–Crippen LogP) is -10.1. The molecule has 0 radical (unpaired) electrons. The Labute approximate surface area is 398 Å². The average Bonchev–Trinajstić information content (AvgIpc) is 3.29. The van der Waals surface area contributed by atoms with Gasteiger partial charge in [-0.2, -0.15) is 24.4 Å². The van der Waals surface area contributed by atoms with Gasteiger partial charge in [0.15, 0.2) is 18.7 Å². The maximum absolute atomic E-state index is 12.6. The summed E-state index contributed by atoms with van der Waals surface area (Å²) in [6, 6.07) is -0.990. The fourth-order valence-corrected chi connectivity index (χ4v) is 6.55. The number of hydrogen-bond acceptors (Lipinski definition) is 28. The molecule has 400 valence electrons.